The smallest absolute Gasteiger partial charge is 0.316 e. The van der Waals surface area contributed by atoms with Crippen molar-refractivity contribution in [1.82, 2.24) is 20.8 Å². The first-order valence-electron chi connectivity index (χ1n) is 48.2. The zero-order valence-electron chi connectivity index (χ0n) is 78.0. The molecule has 143 heavy (non-hydrogen) atoms. The summed E-state index contributed by atoms with van der Waals surface area (Å²) in [5, 5.41) is 28.5. The highest BCUT2D eigenvalue weighted by molar-refractivity contribution is 9.11. The Morgan fingerprint density at radius 1 is 0.406 bits per heavy atom. The van der Waals surface area contributed by atoms with Crippen molar-refractivity contribution in [1.29, 1.82) is 0 Å². The Balaban J connectivity index is 0.000000111. The number of benzene rings is 8. The molecule has 11 aliphatic carbocycles. The summed E-state index contributed by atoms with van der Waals surface area (Å²) in [7, 11) is 4.17. The first-order valence-corrected chi connectivity index (χ1v) is 52.9. The number of fused-ring (bicyclic) bond motifs is 11. The Morgan fingerprint density at radius 2 is 0.776 bits per heavy atom. The third-order valence-electron chi connectivity index (χ3n) is 30.1. The number of esters is 3. The number of aromatic nitrogens is 3. The van der Waals surface area contributed by atoms with Gasteiger partial charge in [-0.15, -0.1) is 0 Å². The number of carbonyl (C=O) groups is 9. The first kappa shape index (κ1) is 100. The van der Waals surface area contributed by atoms with Crippen LogP contribution in [0.15, 0.2) is 173 Å². The largest absolute Gasteiger partial charge is 0.481 e. The van der Waals surface area contributed by atoms with Gasteiger partial charge in [0.2, 0.25) is 17.7 Å². The number of amides is 3. The average Bonchev–Trinajstić information content (AvgIpc) is 1.59. The lowest BCUT2D eigenvalue weighted by Gasteiger charge is -2.31. The van der Waals surface area contributed by atoms with E-state index in [9.17, 15) is 48.3 Å². The molecule has 3 aromatic heterocycles. The number of nitrogens with one attached hydrogen (secondary N) is 1. The zero-order valence-corrected chi connectivity index (χ0v) is 87.3. The average molecular weight is 2250 g/mol. The van der Waals surface area contributed by atoms with Crippen LogP contribution in [0.4, 0.5) is 11.4 Å². The second-order valence-electron chi connectivity index (χ2n) is 39.1. The molecule has 2 N–H and O–H groups in total. The van der Waals surface area contributed by atoms with Gasteiger partial charge in [-0.2, -0.15) is 0 Å². The second kappa shape index (κ2) is 42.5. The van der Waals surface area contributed by atoms with Crippen molar-refractivity contribution in [3.05, 3.63) is 279 Å². The number of methoxy groups -OCH3 is 3. The molecule has 3 aliphatic heterocycles. The number of hydrogen-bond acceptors (Lipinski definition) is 21. The summed E-state index contributed by atoms with van der Waals surface area (Å²) in [6, 6.07) is 46.2. The molecule has 25 nitrogen and oxygen atoms in total. The molecule has 6 saturated carbocycles. The molecule has 34 heteroatoms. The van der Waals surface area contributed by atoms with Gasteiger partial charge in [0.1, 0.15) is 40.3 Å². The standard InChI is InChI=1S/C30H28Cl2N2O5.C29H26Cl2N2O5.C19H18Cl2N2O3.C11H9BrO3.C11H11BrO2.C9H7BrO/c1-37-30(36)18-9-16-7-8-19(11-17(16)10-18)34-20-12-21(29(34)35)25(13-20)38-14-22-27(33-39-28(22)15-5-6-15)26-23(31)3-2-4-24(26)32;30-22-2-1-3-23(31)25(22)26-21(27(38-32-26)14-4-5-14)13-37-24-12-19-11-20(24)28(34)33(19)18-7-6-15-8-17(29(35)36)9-16(15)10-18;20-13-2-1-3-14(21)16(13)17-12(18(26-23-17)9-4-5-9)8-25-15-7-10-6-11(15)19(24)22-10;1-15-11(14)9-4-6-2-3-7(12)5-8(6)10(9)13;1-14-11(13)9-4-7-2-3-10(12)6-8(7)5-9;10-7-3-1-6-2-4-9(11)8(6)5-7/h2-4,7-8,11,15,18,20-21,25H,5-6,9-10,12-14H2,1H3;1-3,6-7,10,14,17,19-20,24H,4-5,8-9,11-13H2,(H,35,36);1-3,9-11,15H,4-8H2,(H,22,24);2-3,5,9H,4H2,1H3;2-3,6,9H,4-5H2,1H3;1,3,5H,2,4H2/t18?,20-,21+,25+;17?,19-,20+,24+;10-,11+,15+;;;/m000.../s1. The number of carbonyl (C=O) groups excluding carboxylic acids is 8. The van der Waals surface area contributed by atoms with Crippen molar-refractivity contribution in [3.8, 4) is 33.8 Å². The summed E-state index contributed by atoms with van der Waals surface area (Å²) < 4.78 is 53.4. The molecule has 13 atom stereocenters. The number of halogens is 9. The molecule has 6 bridgehead atoms. The zero-order chi connectivity index (χ0) is 99.8. The Hall–Kier alpha value is -9.92. The van der Waals surface area contributed by atoms with E-state index in [2.05, 4.69) is 91.5 Å². The van der Waals surface area contributed by atoms with Crippen LogP contribution in [0.1, 0.15) is 200 Å². The highest BCUT2D eigenvalue weighted by Crippen LogP contribution is 2.54. The van der Waals surface area contributed by atoms with E-state index in [1.165, 1.54) is 38.0 Å². The Labute approximate surface area is 879 Å². The topological polar surface area (TPSA) is 326 Å². The lowest BCUT2D eigenvalue weighted by Crippen LogP contribution is -2.43. The lowest BCUT2D eigenvalue weighted by atomic mass is 10.0. The van der Waals surface area contributed by atoms with Crippen LogP contribution in [-0.2, 0) is 133 Å². The fourth-order valence-electron chi connectivity index (χ4n) is 22.4. The number of carboxylic acid groups (broad SMARTS) is 1. The minimum absolute atomic E-state index is 0.0179. The summed E-state index contributed by atoms with van der Waals surface area (Å²) in [5.74, 6) is 0.876. The first-order chi connectivity index (χ1) is 69.0. The van der Waals surface area contributed by atoms with Crippen LogP contribution in [0.25, 0.3) is 33.8 Å². The number of Topliss-reactive ketones (excluding diaryl/α,β-unsaturated/α-hetero) is 2. The minimum atomic E-state index is -0.767. The number of anilines is 2. The van der Waals surface area contributed by atoms with E-state index in [-0.39, 0.29) is 120 Å². The van der Waals surface area contributed by atoms with Crippen molar-refractivity contribution < 1.29 is 90.2 Å². The van der Waals surface area contributed by atoms with Crippen molar-refractivity contribution >= 4 is 182 Å². The van der Waals surface area contributed by atoms with Crippen LogP contribution >= 0.6 is 117 Å². The number of piperidine rings is 3. The van der Waals surface area contributed by atoms with Crippen LogP contribution in [0.2, 0.25) is 30.1 Å². The highest BCUT2D eigenvalue weighted by atomic mass is 79.9. The molecule has 8 aromatic carbocycles. The Bertz CT molecular complexity index is 6850. The van der Waals surface area contributed by atoms with E-state index in [4.69, 9.17) is 107 Å². The van der Waals surface area contributed by atoms with Gasteiger partial charge in [-0.25, -0.2) is 0 Å². The SMILES string of the molecule is COC(=O)C1Cc2ccc(Br)cc2C1.COC(=O)C1Cc2ccc(Br)cc2C1=O.COC(=O)C1Cc2ccc(N3C(=O)[C@@H]4C[C@H]3C[C@H]4OCc3c(-c4c(Cl)cccc4Cl)noc3C3CC3)cc2C1.O=C(O)C1Cc2ccc(N3C(=O)[C@@H]4C[C@H]3C[C@H]4OCc3c(-c4c(Cl)cccc4Cl)noc3C3CC3)cc2C1.O=C1CCc2ccc(Br)cc21.O=C1N[C@@H]2C[C@@H](OCc3c(-c4c(Cl)cccc4Cl)noc3C3CC3)[C@H]1C2. The van der Waals surface area contributed by atoms with Gasteiger partial charge in [-0.3, -0.25) is 43.2 Å². The molecule has 742 valence electrons. The van der Waals surface area contributed by atoms with Gasteiger partial charge in [-0.1, -0.05) is 181 Å². The van der Waals surface area contributed by atoms with Crippen LogP contribution in [-0.4, -0.2) is 132 Å². The number of hydrogen-bond donors (Lipinski definition) is 2. The number of carboxylic acids is 1. The summed E-state index contributed by atoms with van der Waals surface area (Å²) in [4.78, 5) is 112. The number of rotatable bonds is 21. The van der Waals surface area contributed by atoms with Crippen molar-refractivity contribution in [2.24, 2.45) is 41.4 Å². The summed E-state index contributed by atoms with van der Waals surface area (Å²) >= 11 is 48.8. The number of aliphatic carboxylic acids is 1. The van der Waals surface area contributed by atoms with E-state index in [0.29, 0.717) is 139 Å². The molecule has 25 rings (SSSR count). The quantitative estimate of drug-likeness (QED) is 0.0383. The Morgan fingerprint density at radius 3 is 1.17 bits per heavy atom. The molecular formula is C109H99Br3Cl6N6O19. The molecule has 3 amide bonds. The van der Waals surface area contributed by atoms with Gasteiger partial charge in [0.15, 0.2) is 11.6 Å². The second-order valence-corrected chi connectivity index (χ2v) is 44.3. The molecule has 4 unspecified atom stereocenters. The van der Waals surface area contributed by atoms with Gasteiger partial charge in [0.05, 0.1) is 125 Å². The fraction of sp³-hybridized carbons (Fsp3) is 0.394. The minimum Gasteiger partial charge on any atom is -0.481 e. The molecular weight excluding hydrogens is 2150 g/mol. The normalized spacial score (nSPS) is 23.7. The summed E-state index contributed by atoms with van der Waals surface area (Å²) in [6.07, 6.45) is 16.8. The van der Waals surface area contributed by atoms with Crippen LogP contribution < -0.4 is 15.1 Å². The van der Waals surface area contributed by atoms with E-state index >= 15 is 0 Å². The molecule has 0 spiro atoms. The van der Waals surface area contributed by atoms with Crippen LogP contribution in [0, 0.1) is 41.4 Å². The third-order valence-corrected chi connectivity index (χ3v) is 33.5. The Kier molecular flexibility index (Phi) is 29.8. The summed E-state index contributed by atoms with van der Waals surface area (Å²) in [5.41, 5.74) is 18.8. The predicted molar refractivity (Wildman–Crippen MR) is 546 cm³/mol. The monoisotopic (exact) mass is 2240 g/mol. The molecule has 0 radical (unpaired) electrons. The van der Waals surface area contributed by atoms with Crippen molar-refractivity contribution in [2.75, 3.05) is 31.1 Å². The summed E-state index contributed by atoms with van der Waals surface area (Å²) in [6.45, 7) is 0.928. The maximum atomic E-state index is 13.5. The highest BCUT2D eigenvalue weighted by Gasteiger charge is 2.55. The molecule has 9 fully saturated rings. The van der Waals surface area contributed by atoms with Crippen molar-refractivity contribution in [2.45, 2.75) is 209 Å². The number of nitrogens with zero attached hydrogens (tertiary/aromatic N) is 5. The van der Waals surface area contributed by atoms with Gasteiger partial charge in [-0.05, 0) is 270 Å². The van der Waals surface area contributed by atoms with Gasteiger partial charge in [0, 0.05) is 112 Å². The number of aryl methyl sites for hydroxylation is 1. The van der Waals surface area contributed by atoms with Crippen LogP contribution in [0.5, 0.6) is 0 Å². The number of ether oxygens (including phenoxy) is 6. The molecule has 6 heterocycles. The number of ketones is 2. The maximum absolute atomic E-state index is 13.5. The fourth-order valence-corrected chi connectivity index (χ4v) is 25.2. The molecule has 11 aromatic rings. The maximum Gasteiger partial charge on any atom is 0.316 e. The van der Waals surface area contributed by atoms with Gasteiger partial charge in [0.25, 0.3) is 0 Å². The van der Waals surface area contributed by atoms with E-state index in [1.54, 1.807) is 60.7 Å². The van der Waals surface area contributed by atoms with E-state index in [0.717, 1.165) is 188 Å². The van der Waals surface area contributed by atoms with Gasteiger partial charge < -0.3 is 62.2 Å². The van der Waals surface area contributed by atoms with E-state index in [1.807, 2.05) is 76.5 Å². The molecule has 14 aliphatic rings. The third kappa shape index (κ3) is 20.9. The van der Waals surface area contributed by atoms with E-state index < -0.39 is 17.9 Å². The molecule has 3 saturated heterocycles. The van der Waals surface area contributed by atoms with Crippen LogP contribution in [0.3, 0.4) is 0 Å². The van der Waals surface area contributed by atoms with Crippen molar-refractivity contribution in [3.63, 3.8) is 0 Å². The predicted octanol–water partition coefficient (Wildman–Crippen LogP) is 23.4. The van der Waals surface area contributed by atoms with Gasteiger partial charge >= 0.3 is 23.9 Å². The lowest BCUT2D eigenvalue weighted by molar-refractivity contribution is -0.145.